The van der Waals surface area contributed by atoms with Crippen molar-refractivity contribution in [3.63, 3.8) is 0 Å². The first-order valence-electron chi connectivity index (χ1n) is 37.4. The van der Waals surface area contributed by atoms with E-state index in [0.29, 0.717) is 11.1 Å². The van der Waals surface area contributed by atoms with E-state index in [2.05, 4.69) is 162 Å². The molecule has 0 radical (unpaired) electrons. The van der Waals surface area contributed by atoms with Crippen LogP contribution in [-0.2, 0) is 0 Å². The number of fused-ring (bicyclic) bond motifs is 2. The van der Waals surface area contributed by atoms with Crippen molar-refractivity contribution in [3.05, 3.63) is 288 Å². The van der Waals surface area contributed by atoms with Gasteiger partial charge in [-0.05, 0) is 187 Å². The van der Waals surface area contributed by atoms with Crippen molar-refractivity contribution in [1.82, 2.24) is 0 Å². The molecule has 0 bridgehead atoms. The third-order valence-electron chi connectivity index (χ3n) is 16.4. The molecule has 0 heterocycles. The molecule has 0 spiro atoms. The summed E-state index contributed by atoms with van der Waals surface area (Å²) < 4.78 is 159. The Hall–Kier alpha value is -9.76. The quantitative estimate of drug-likeness (QED) is 0.113. The van der Waals surface area contributed by atoms with Crippen molar-refractivity contribution in [3.8, 4) is 44.5 Å². The summed E-state index contributed by atoms with van der Waals surface area (Å²) in [5.41, 5.74) is 10.4. The summed E-state index contributed by atoms with van der Waals surface area (Å²) in [6, 6.07) is 39.3. The molecule has 0 amide bonds. The average Bonchev–Trinajstić information content (AvgIpc) is 0.706. The third-order valence-corrected chi connectivity index (χ3v) is 16.4. The van der Waals surface area contributed by atoms with Gasteiger partial charge >= 0.3 is 0 Å². The second-order valence-corrected chi connectivity index (χ2v) is 22.5. The first kappa shape index (κ1) is 36.0. The predicted octanol–water partition coefficient (Wildman–Crippen LogP) is 24.0. The summed E-state index contributed by atoms with van der Waals surface area (Å²) in [7, 11) is 0. The van der Waals surface area contributed by atoms with Crippen molar-refractivity contribution in [2.75, 3.05) is 9.80 Å². The van der Waals surface area contributed by atoms with Gasteiger partial charge in [-0.1, -0.05) is 245 Å². The van der Waals surface area contributed by atoms with Gasteiger partial charge in [0, 0.05) is 32.9 Å². The van der Waals surface area contributed by atoms with E-state index in [1.807, 2.05) is 24.3 Å². The average molecular weight is 1100 g/mol. The van der Waals surface area contributed by atoms with Crippen LogP contribution in [0, 0.1) is 27.7 Å². The van der Waals surface area contributed by atoms with Gasteiger partial charge < -0.3 is 9.80 Å². The third kappa shape index (κ3) is 9.14. The SMILES string of the molecule is [2H]c1c([2H])c([2H])c(-c2c([2H])c([2H])c(-c3ccc(N(c4c(C)ccc5ccc(C)cc45)c4cc(C(C)C)c5ccc6c(N(c7ccc(-c8c([2H])c([2H])c(-c9c([2H])c([2H])c([2H])c([2H])c9[2H])c([2H])c8[2H])cc7)c7c(C)ccc8ccc(C)cc78)cc(C(C)C)c7ccc4c5c76)cc3)c([2H])c2[2H])c([2H])c1[2H]. The van der Waals surface area contributed by atoms with E-state index in [0.717, 1.165) is 121 Å². The number of hydrogen-bond donors (Lipinski definition) is 0. The molecule has 14 rings (SSSR count). The van der Waals surface area contributed by atoms with Crippen LogP contribution in [0.3, 0.4) is 0 Å². The lowest BCUT2D eigenvalue weighted by Gasteiger charge is -2.33. The van der Waals surface area contributed by atoms with Crippen LogP contribution in [0.25, 0.3) is 98.4 Å². The molecule has 0 saturated carbocycles. The standard InChI is InChI=1S/C82H68N2/c1-51(2)73-49-77(83(81-55(7)21-25-65-23-19-53(5)47-75(65)81)67-39-35-63(36-40-67)61-31-27-59(28-32-61)57-15-11-9-12-16-57)71-46-44-70-74(52(3)4)50-78(72-45-43-69(73)79(71)80(70)72)84(82-56(8)22-26-66-24-20-54(6)48-76(66)82)68-41-37-64(38-42-68)62-33-29-60(30-34-62)58-17-13-10-14-18-58/h9-52H,1-8H3/i9D,10D,11D,12D,13D,14D,15D,16D,17D,18D,27D,28D,29D,30D,31D,32D,33D,34D. The molecule has 0 fully saturated rings. The molecule has 0 aliphatic carbocycles. The molecule has 0 aliphatic rings. The Kier molecular flexibility index (Phi) is 9.08. The zero-order valence-electron chi connectivity index (χ0n) is 65.9. The Morgan fingerprint density at radius 2 is 0.619 bits per heavy atom. The molecule has 0 aliphatic heterocycles. The molecule has 0 aromatic heterocycles. The fourth-order valence-corrected chi connectivity index (χ4v) is 12.2. The second kappa shape index (κ2) is 21.2. The van der Waals surface area contributed by atoms with Crippen molar-refractivity contribution in [2.24, 2.45) is 0 Å². The zero-order chi connectivity index (χ0) is 73.0. The highest BCUT2D eigenvalue weighted by Crippen LogP contribution is 2.53. The Morgan fingerprint density at radius 1 is 0.298 bits per heavy atom. The number of anilines is 6. The summed E-state index contributed by atoms with van der Waals surface area (Å²) in [6.07, 6.45) is 0. The van der Waals surface area contributed by atoms with Gasteiger partial charge in [-0.15, -0.1) is 0 Å². The maximum absolute atomic E-state index is 9.41. The molecule has 84 heavy (non-hydrogen) atoms. The molecule has 2 heteroatoms. The molecule has 0 unspecified atom stereocenters. The molecule has 14 aromatic rings. The van der Waals surface area contributed by atoms with Crippen LogP contribution in [-0.4, -0.2) is 0 Å². The van der Waals surface area contributed by atoms with Crippen LogP contribution in [0.2, 0.25) is 0 Å². The van der Waals surface area contributed by atoms with Gasteiger partial charge in [0.1, 0.15) is 0 Å². The van der Waals surface area contributed by atoms with Crippen molar-refractivity contribution >= 4 is 88.0 Å². The van der Waals surface area contributed by atoms with E-state index in [-0.39, 0.29) is 34.1 Å². The molecule has 0 N–H and O–H groups in total. The number of benzene rings is 14. The fraction of sp³-hybridized carbons (Fsp3) is 0.122. The zero-order valence-corrected chi connectivity index (χ0v) is 47.9. The van der Waals surface area contributed by atoms with Gasteiger partial charge in [-0.3, -0.25) is 0 Å². The van der Waals surface area contributed by atoms with Crippen molar-refractivity contribution in [2.45, 2.75) is 67.2 Å². The van der Waals surface area contributed by atoms with Crippen molar-refractivity contribution in [1.29, 1.82) is 0 Å². The van der Waals surface area contributed by atoms with Gasteiger partial charge in [0.15, 0.2) is 0 Å². The van der Waals surface area contributed by atoms with Gasteiger partial charge in [0.05, 0.1) is 47.4 Å². The molecular weight excluding hydrogens is 1010 g/mol. The Labute approximate surface area is 520 Å². The predicted molar refractivity (Wildman–Crippen MR) is 363 cm³/mol. The topological polar surface area (TPSA) is 6.48 Å². The summed E-state index contributed by atoms with van der Waals surface area (Å²) in [5.74, 6) is -0.00307. The largest absolute Gasteiger partial charge is 0.309 e. The van der Waals surface area contributed by atoms with Gasteiger partial charge in [0.2, 0.25) is 0 Å². The Morgan fingerprint density at radius 3 is 0.976 bits per heavy atom. The van der Waals surface area contributed by atoms with Crippen LogP contribution in [0.5, 0.6) is 0 Å². The van der Waals surface area contributed by atoms with Crippen LogP contribution in [0.4, 0.5) is 34.1 Å². The summed E-state index contributed by atoms with van der Waals surface area (Å²) in [5, 5.41) is 10.1. The van der Waals surface area contributed by atoms with E-state index in [1.165, 1.54) is 0 Å². The number of hydrogen-bond acceptors (Lipinski definition) is 2. The molecular formula is C82H68N2. The van der Waals surface area contributed by atoms with Gasteiger partial charge in [-0.25, -0.2) is 0 Å². The normalized spacial score (nSPS) is 14.8. The smallest absolute Gasteiger partial charge is 0.0629 e. The number of nitrogens with zero attached hydrogens (tertiary/aromatic N) is 2. The van der Waals surface area contributed by atoms with Crippen LogP contribution in [0.15, 0.2) is 254 Å². The lowest BCUT2D eigenvalue weighted by Crippen LogP contribution is -2.15. The number of rotatable bonds is 12. The van der Waals surface area contributed by atoms with Gasteiger partial charge in [0.25, 0.3) is 0 Å². The molecule has 406 valence electrons. The highest BCUT2D eigenvalue weighted by Gasteiger charge is 2.28. The summed E-state index contributed by atoms with van der Waals surface area (Å²) in [4.78, 5) is 4.58. The maximum Gasteiger partial charge on any atom is 0.0629 e. The number of aryl methyl sites for hydroxylation is 4. The molecule has 2 nitrogen and oxygen atoms in total. The van der Waals surface area contributed by atoms with Crippen LogP contribution < -0.4 is 9.80 Å². The minimum Gasteiger partial charge on any atom is -0.309 e. The molecule has 0 atom stereocenters. The van der Waals surface area contributed by atoms with E-state index < -0.39 is 120 Å². The van der Waals surface area contributed by atoms with Gasteiger partial charge in [-0.2, -0.15) is 0 Å². The Bertz CT molecular complexity index is 5440. The second-order valence-electron chi connectivity index (χ2n) is 22.5. The van der Waals surface area contributed by atoms with E-state index in [9.17, 15) is 11.0 Å². The van der Waals surface area contributed by atoms with E-state index in [4.69, 9.17) is 13.7 Å². The van der Waals surface area contributed by atoms with Crippen LogP contribution >= 0.6 is 0 Å². The monoisotopic (exact) mass is 1100 g/mol. The van der Waals surface area contributed by atoms with E-state index >= 15 is 0 Å². The highest BCUT2D eigenvalue weighted by molar-refractivity contribution is 6.30. The minimum atomic E-state index is -0.651. The highest BCUT2D eigenvalue weighted by atomic mass is 15.2. The van der Waals surface area contributed by atoms with Crippen LogP contribution in [0.1, 0.15) is 97.6 Å². The molecule has 0 saturated heterocycles. The minimum absolute atomic E-state index is 0.00154. The Balaban J connectivity index is 1.01. The first-order chi connectivity index (χ1) is 48.4. The lowest BCUT2D eigenvalue weighted by atomic mass is 9.83. The van der Waals surface area contributed by atoms with Crippen molar-refractivity contribution < 1.29 is 24.7 Å². The lowest BCUT2D eigenvalue weighted by molar-refractivity contribution is 0.875. The summed E-state index contributed by atoms with van der Waals surface area (Å²) in [6.45, 7) is 17.1. The van der Waals surface area contributed by atoms with E-state index in [1.54, 1.807) is 24.3 Å². The first-order valence-corrected chi connectivity index (χ1v) is 28.4. The molecule has 14 aromatic carbocycles. The fourth-order valence-electron chi connectivity index (χ4n) is 12.2. The summed E-state index contributed by atoms with van der Waals surface area (Å²) >= 11 is 0. The maximum atomic E-state index is 9.41.